The Labute approximate surface area is 129 Å². The molecular formula is C18H18N2S. The fraction of sp³-hybridized carbons (Fsp3) is 0.111. The van der Waals surface area contributed by atoms with Crippen molar-refractivity contribution in [2.45, 2.75) is 10.00 Å². The van der Waals surface area contributed by atoms with E-state index in [2.05, 4.69) is 30.4 Å². The minimum Gasteiger partial charge on any atom is -0.397 e. The number of nitrogens with two attached hydrogens (primary N) is 2. The highest BCUT2D eigenvalue weighted by Gasteiger charge is 2.55. The molecule has 2 aromatic carbocycles. The summed E-state index contributed by atoms with van der Waals surface area (Å²) < 4.78 is 0.0637. The van der Waals surface area contributed by atoms with Gasteiger partial charge in [-0.1, -0.05) is 72.8 Å². The number of nitrogen functional groups attached to an aromatic ring is 2. The molecule has 3 heteroatoms. The molecule has 2 nitrogen and oxygen atoms in total. The topological polar surface area (TPSA) is 52.0 Å². The molecule has 0 spiro atoms. The maximum atomic E-state index is 6.03. The monoisotopic (exact) mass is 294 g/mol. The van der Waals surface area contributed by atoms with E-state index in [9.17, 15) is 0 Å². The van der Waals surface area contributed by atoms with Crippen LogP contribution in [0.3, 0.4) is 0 Å². The fourth-order valence-electron chi connectivity index (χ4n) is 2.47. The number of thioether (sulfide) groups is 1. The highest BCUT2D eigenvalue weighted by molar-refractivity contribution is 8.08. The first-order valence-corrected chi connectivity index (χ1v) is 7.80. The average Bonchev–Trinajstić information content (AvgIpc) is 3.28. The van der Waals surface area contributed by atoms with Gasteiger partial charge in [0.25, 0.3) is 0 Å². The molecule has 1 heterocycles. The Morgan fingerprint density at radius 2 is 1.52 bits per heavy atom. The third kappa shape index (κ3) is 2.69. The molecule has 4 N–H and O–H groups in total. The molecule has 2 unspecified atom stereocenters. The Hall–Kier alpha value is -2.13. The molecule has 0 saturated carbocycles. The largest absolute Gasteiger partial charge is 0.397 e. The van der Waals surface area contributed by atoms with Crippen LogP contribution < -0.4 is 11.5 Å². The van der Waals surface area contributed by atoms with Gasteiger partial charge in [-0.05, 0) is 11.6 Å². The van der Waals surface area contributed by atoms with Crippen LogP contribution in [0.25, 0.3) is 0 Å². The van der Waals surface area contributed by atoms with Crippen LogP contribution in [0.2, 0.25) is 0 Å². The molecule has 1 aliphatic heterocycles. The van der Waals surface area contributed by atoms with Gasteiger partial charge in [0.05, 0.1) is 16.1 Å². The van der Waals surface area contributed by atoms with E-state index in [-0.39, 0.29) is 4.75 Å². The van der Waals surface area contributed by atoms with Gasteiger partial charge in [-0.25, -0.2) is 0 Å². The SMILES string of the molecule is Nc1cccc(C23C=CC=CC2S3)c1N.c1ccccc1. The summed E-state index contributed by atoms with van der Waals surface area (Å²) in [6.45, 7) is 0. The quantitative estimate of drug-likeness (QED) is 0.618. The lowest BCUT2D eigenvalue weighted by Crippen LogP contribution is -2.13. The van der Waals surface area contributed by atoms with Gasteiger partial charge in [0, 0.05) is 5.25 Å². The predicted molar refractivity (Wildman–Crippen MR) is 93.0 cm³/mol. The Morgan fingerprint density at radius 3 is 2.14 bits per heavy atom. The van der Waals surface area contributed by atoms with Crippen LogP contribution in [0.1, 0.15) is 5.56 Å². The van der Waals surface area contributed by atoms with E-state index in [4.69, 9.17) is 11.5 Å². The minimum absolute atomic E-state index is 0.0637. The molecule has 106 valence electrons. The van der Waals surface area contributed by atoms with Gasteiger partial charge in [-0.15, -0.1) is 11.8 Å². The summed E-state index contributed by atoms with van der Waals surface area (Å²) in [4.78, 5) is 0. The lowest BCUT2D eigenvalue weighted by atomic mass is 9.91. The molecule has 2 atom stereocenters. The highest BCUT2D eigenvalue weighted by atomic mass is 32.2. The zero-order chi connectivity index (χ0) is 14.7. The number of hydrogen-bond acceptors (Lipinski definition) is 3. The second kappa shape index (κ2) is 5.70. The smallest absolute Gasteiger partial charge is 0.0772 e. The zero-order valence-electron chi connectivity index (χ0n) is 11.6. The van der Waals surface area contributed by atoms with Crippen LogP contribution in [0.5, 0.6) is 0 Å². The third-order valence-corrected chi connectivity index (χ3v) is 5.18. The van der Waals surface area contributed by atoms with Crippen molar-refractivity contribution in [3.05, 3.63) is 84.5 Å². The van der Waals surface area contributed by atoms with Crippen LogP contribution in [0.4, 0.5) is 11.4 Å². The van der Waals surface area contributed by atoms with E-state index in [1.807, 2.05) is 60.3 Å². The van der Waals surface area contributed by atoms with E-state index >= 15 is 0 Å². The van der Waals surface area contributed by atoms with Crippen molar-refractivity contribution in [1.82, 2.24) is 0 Å². The normalized spacial score (nSPS) is 24.7. The Morgan fingerprint density at radius 1 is 0.857 bits per heavy atom. The third-order valence-electron chi connectivity index (χ3n) is 3.66. The Balaban J connectivity index is 0.000000186. The minimum atomic E-state index is 0.0637. The average molecular weight is 294 g/mol. The van der Waals surface area contributed by atoms with E-state index in [1.54, 1.807) is 0 Å². The first kappa shape index (κ1) is 13.8. The van der Waals surface area contributed by atoms with Gasteiger partial charge in [0.1, 0.15) is 0 Å². The van der Waals surface area contributed by atoms with E-state index in [1.165, 1.54) is 0 Å². The summed E-state index contributed by atoms with van der Waals surface area (Å²) in [5.41, 5.74) is 14.4. The second-order valence-electron chi connectivity index (χ2n) is 5.04. The predicted octanol–water partition coefficient (Wildman–Crippen LogP) is 3.97. The van der Waals surface area contributed by atoms with Gasteiger partial charge in [0.15, 0.2) is 0 Å². The number of allylic oxidation sites excluding steroid dienone is 2. The van der Waals surface area contributed by atoms with Crippen molar-refractivity contribution in [2.24, 2.45) is 0 Å². The molecule has 0 amide bonds. The van der Waals surface area contributed by atoms with Gasteiger partial charge >= 0.3 is 0 Å². The van der Waals surface area contributed by atoms with Crippen molar-refractivity contribution >= 4 is 23.1 Å². The molecule has 1 saturated heterocycles. The molecule has 2 aliphatic rings. The van der Waals surface area contributed by atoms with Gasteiger partial charge in [0.2, 0.25) is 0 Å². The molecule has 0 bridgehead atoms. The molecule has 4 rings (SSSR count). The number of anilines is 2. The Bertz CT molecular complexity index is 652. The van der Waals surface area contributed by atoms with Crippen molar-refractivity contribution in [1.29, 1.82) is 0 Å². The van der Waals surface area contributed by atoms with Crippen molar-refractivity contribution in [2.75, 3.05) is 11.5 Å². The van der Waals surface area contributed by atoms with Crippen LogP contribution in [0, 0.1) is 0 Å². The van der Waals surface area contributed by atoms with Crippen molar-refractivity contribution in [3.8, 4) is 0 Å². The van der Waals surface area contributed by atoms with Gasteiger partial charge in [-0.3, -0.25) is 0 Å². The van der Waals surface area contributed by atoms with E-state index < -0.39 is 0 Å². The first-order valence-electron chi connectivity index (χ1n) is 6.92. The van der Waals surface area contributed by atoms with Crippen LogP contribution in [0.15, 0.2) is 78.9 Å². The van der Waals surface area contributed by atoms with Gasteiger partial charge in [-0.2, -0.15) is 0 Å². The molecule has 0 radical (unpaired) electrons. The van der Waals surface area contributed by atoms with Crippen molar-refractivity contribution in [3.63, 3.8) is 0 Å². The molecule has 0 aromatic heterocycles. The Kier molecular flexibility index (Phi) is 3.76. The van der Waals surface area contributed by atoms with Crippen molar-refractivity contribution < 1.29 is 0 Å². The fourth-order valence-corrected chi connectivity index (χ4v) is 3.74. The summed E-state index contributed by atoms with van der Waals surface area (Å²) in [7, 11) is 0. The molecule has 21 heavy (non-hydrogen) atoms. The van der Waals surface area contributed by atoms with E-state index in [0.717, 1.165) is 11.3 Å². The number of benzene rings is 2. The second-order valence-corrected chi connectivity index (χ2v) is 6.46. The highest BCUT2D eigenvalue weighted by Crippen LogP contribution is 2.65. The zero-order valence-corrected chi connectivity index (χ0v) is 12.5. The summed E-state index contributed by atoms with van der Waals surface area (Å²) >= 11 is 1.91. The number of fused-ring (bicyclic) bond motifs is 1. The maximum absolute atomic E-state index is 6.03. The standard InChI is InChI=1S/C12H12N2S.C6H6/c13-9-5-3-4-8(11(9)14)12-7-2-1-6-10(12)15-12;1-2-4-6-5-3-1/h1-7,10H,13-14H2;1-6H. The van der Waals surface area contributed by atoms with Crippen LogP contribution >= 0.6 is 11.8 Å². The summed E-state index contributed by atoms with van der Waals surface area (Å²) in [6, 6.07) is 17.9. The lowest BCUT2D eigenvalue weighted by molar-refractivity contribution is 0.908. The molecule has 2 aromatic rings. The molecule has 1 fully saturated rings. The van der Waals surface area contributed by atoms with Crippen LogP contribution in [-0.2, 0) is 4.75 Å². The summed E-state index contributed by atoms with van der Waals surface area (Å²) in [5.74, 6) is 0. The molecular weight excluding hydrogens is 276 g/mol. The number of para-hydroxylation sites is 1. The summed E-state index contributed by atoms with van der Waals surface area (Å²) in [6.07, 6.45) is 8.60. The summed E-state index contributed by atoms with van der Waals surface area (Å²) in [5, 5.41) is 0.534. The first-order chi connectivity index (χ1) is 10.2. The lowest BCUT2D eigenvalue weighted by Gasteiger charge is -2.15. The molecule has 1 aliphatic carbocycles. The maximum Gasteiger partial charge on any atom is 0.0772 e. The van der Waals surface area contributed by atoms with Crippen LogP contribution in [-0.4, -0.2) is 5.25 Å². The number of rotatable bonds is 1. The number of hydrogen-bond donors (Lipinski definition) is 2. The van der Waals surface area contributed by atoms with Gasteiger partial charge < -0.3 is 11.5 Å². The van der Waals surface area contributed by atoms with E-state index in [0.29, 0.717) is 10.9 Å².